The Morgan fingerprint density at radius 2 is 1.68 bits per heavy atom. The largest absolute Gasteiger partial charge is 0.505 e. The average Bonchev–Trinajstić information content (AvgIpc) is 2.74. The van der Waals surface area contributed by atoms with Crippen LogP contribution in [-0.2, 0) is 9.47 Å². The van der Waals surface area contributed by atoms with Crippen LogP contribution in [0.15, 0.2) is 60.4 Å². The number of ether oxygens (including phenoxy) is 5. The lowest BCUT2D eigenvalue weighted by Gasteiger charge is -2.33. The zero-order valence-electron chi connectivity index (χ0n) is 16.8. The minimum atomic E-state index is -1.68. The average molecular weight is 438 g/mol. The van der Waals surface area contributed by atoms with Crippen LogP contribution in [-0.4, -0.2) is 37.6 Å². The zero-order chi connectivity index (χ0) is 22.4. The van der Waals surface area contributed by atoms with Gasteiger partial charge in [-0.1, -0.05) is 6.08 Å². The summed E-state index contributed by atoms with van der Waals surface area (Å²) in [4.78, 5) is 0. The molecule has 31 heavy (non-hydrogen) atoms. The van der Waals surface area contributed by atoms with E-state index in [1.165, 1.54) is 44.4 Å². The van der Waals surface area contributed by atoms with E-state index in [1.54, 1.807) is 6.08 Å². The predicted octanol–water partition coefficient (Wildman–Crippen LogP) is 4.64. The Labute approximate surface area is 177 Å². The molecule has 3 rings (SSSR count). The second-order valence-electron chi connectivity index (χ2n) is 6.70. The highest BCUT2D eigenvalue weighted by molar-refractivity contribution is 5.34. The van der Waals surface area contributed by atoms with E-state index in [2.05, 4.69) is 0 Å². The quantitative estimate of drug-likeness (QED) is 0.576. The molecule has 2 aromatic rings. The fourth-order valence-electron chi connectivity index (χ4n) is 2.74. The number of methoxy groups -OCH3 is 1. The molecule has 0 bridgehead atoms. The van der Waals surface area contributed by atoms with E-state index < -0.39 is 29.2 Å². The van der Waals surface area contributed by atoms with Crippen LogP contribution in [0.3, 0.4) is 0 Å². The van der Waals surface area contributed by atoms with Crippen molar-refractivity contribution in [1.29, 1.82) is 0 Å². The van der Waals surface area contributed by atoms with Crippen molar-refractivity contribution in [2.45, 2.75) is 18.7 Å². The van der Waals surface area contributed by atoms with Crippen LogP contribution in [0.1, 0.15) is 6.92 Å². The SMILES string of the molecule is COc1ccc(OCOC2=CC=CC(C)(OCOc3ccc(F)c(O)c3)C2F)cc1F. The third kappa shape index (κ3) is 5.43. The van der Waals surface area contributed by atoms with Crippen LogP contribution >= 0.6 is 0 Å². The first-order valence-electron chi connectivity index (χ1n) is 9.20. The first-order valence-corrected chi connectivity index (χ1v) is 9.20. The van der Waals surface area contributed by atoms with Crippen molar-refractivity contribution in [2.75, 3.05) is 20.7 Å². The van der Waals surface area contributed by atoms with Gasteiger partial charge in [-0.05, 0) is 43.3 Å². The number of hydrogen-bond acceptors (Lipinski definition) is 6. The highest BCUT2D eigenvalue weighted by atomic mass is 19.1. The Bertz CT molecular complexity index is 978. The van der Waals surface area contributed by atoms with E-state index in [4.69, 9.17) is 23.7 Å². The Hall–Kier alpha value is -3.33. The number of allylic oxidation sites excluding steroid dienone is 2. The summed E-state index contributed by atoms with van der Waals surface area (Å²) in [6.45, 7) is 0.782. The summed E-state index contributed by atoms with van der Waals surface area (Å²) in [7, 11) is 1.35. The van der Waals surface area contributed by atoms with E-state index >= 15 is 0 Å². The Morgan fingerprint density at radius 1 is 0.968 bits per heavy atom. The number of halogens is 3. The minimum absolute atomic E-state index is 0.0431. The first kappa shape index (κ1) is 22.4. The lowest BCUT2D eigenvalue weighted by Crippen LogP contribution is -2.42. The van der Waals surface area contributed by atoms with Crippen LogP contribution < -0.4 is 14.2 Å². The molecule has 0 aromatic heterocycles. The van der Waals surface area contributed by atoms with Gasteiger partial charge in [0.15, 0.2) is 36.1 Å². The Kier molecular flexibility index (Phi) is 6.96. The fourth-order valence-corrected chi connectivity index (χ4v) is 2.74. The standard InChI is InChI=1S/C22H21F3O6/c1-22(31-13-29-15-5-7-16(23)18(26)11-15)9-3-4-20(21(22)25)30-12-28-14-6-8-19(27-2)17(24)10-14/h3-11,21,26H,12-13H2,1-2H3. The van der Waals surface area contributed by atoms with Gasteiger partial charge in [-0.25, -0.2) is 13.2 Å². The number of rotatable bonds is 9. The topological polar surface area (TPSA) is 66.4 Å². The fraction of sp³-hybridized carbons (Fsp3) is 0.273. The van der Waals surface area contributed by atoms with Gasteiger partial charge in [0.05, 0.1) is 7.11 Å². The van der Waals surface area contributed by atoms with E-state index in [-0.39, 0.29) is 36.6 Å². The normalized spacial score (nSPS) is 20.2. The van der Waals surface area contributed by atoms with Crippen LogP contribution in [0.25, 0.3) is 0 Å². The third-order valence-electron chi connectivity index (χ3n) is 4.53. The molecule has 166 valence electrons. The number of hydrogen-bond donors (Lipinski definition) is 1. The third-order valence-corrected chi connectivity index (χ3v) is 4.53. The van der Waals surface area contributed by atoms with Crippen molar-refractivity contribution >= 4 is 0 Å². The lowest BCUT2D eigenvalue weighted by molar-refractivity contribution is -0.111. The molecule has 0 aliphatic heterocycles. The molecule has 0 amide bonds. The van der Waals surface area contributed by atoms with Crippen molar-refractivity contribution in [1.82, 2.24) is 0 Å². The number of phenols is 1. The van der Waals surface area contributed by atoms with Crippen molar-refractivity contribution in [2.24, 2.45) is 0 Å². The second kappa shape index (κ2) is 9.65. The molecule has 2 atom stereocenters. The summed E-state index contributed by atoms with van der Waals surface area (Å²) in [6, 6.07) is 7.44. The first-order chi connectivity index (χ1) is 14.8. The summed E-state index contributed by atoms with van der Waals surface area (Å²) < 4.78 is 68.0. The monoisotopic (exact) mass is 438 g/mol. The minimum Gasteiger partial charge on any atom is -0.505 e. The Morgan fingerprint density at radius 3 is 2.39 bits per heavy atom. The molecule has 9 heteroatoms. The molecule has 0 fully saturated rings. The molecular weight excluding hydrogens is 417 g/mol. The van der Waals surface area contributed by atoms with Gasteiger partial charge in [0.2, 0.25) is 6.79 Å². The van der Waals surface area contributed by atoms with Gasteiger partial charge in [0.25, 0.3) is 0 Å². The molecule has 6 nitrogen and oxygen atoms in total. The van der Waals surface area contributed by atoms with E-state index in [0.717, 1.165) is 18.2 Å². The van der Waals surface area contributed by atoms with Gasteiger partial charge in [0, 0.05) is 12.1 Å². The summed E-state index contributed by atoms with van der Waals surface area (Å²) >= 11 is 0. The van der Waals surface area contributed by atoms with Crippen molar-refractivity contribution in [3.8, 4) is 23.0 Å². The van der Waals surface area contributed by atoms with Gasteiger partial charge in [-0.15, -0.1) is 0 Å². The summed E-state index contributed by atoms with van der Waals surface area (Å²) in [6.07, 6.45) is 2.80. The Balaban J connectivity index is 1.51. The van der Waals surface area contributed by atoms with Gasteiger partial charge >= 0.3 is 0 Å². The smallest absolute Gasteiger partial charge is 0.230 e. The zero-order valence-corrected chi connectivity index (χ0v) is 16.8. The molecule has 1 aliphatic carbocycles. The van der Waals surface area contributed by atoms with Crippen LogP contribution in [0.4, 0.5) is 13.2 Å². The second-order valence-corrected chi connectivity index (χ2v) is 6.70. The van der Waals surface area contributed by atoms with E-state index in [9.17, 15) is 18.3 Å². The molecule has 0 heterocycles. The maximum Gasteiger partial charge on any atom is 0.230 e. The van der Waals surface area contributed by atoms with Crippen molar-refractivity contribution < 1.29 is 42.0 Å². The van der Waals surface area contributed by atoms with Gasteiger partial charge in [-0.3, -0.25) is 0 Å². The van der Waals surface area contributed by atoms with Crippen LogP contribution in [0, 0.1) is 11.6 Å². The number of aromatic hydroxyl groups is 1. The predicted molar refractivity (Wildman–Crippen MR) is 105 cm³/mol. The summed E-state index contributed by atoms with van der Waals surface area (Å²) in [5, 5.41) is 9.35. The molecule has 0 radical (unpaired) electrons. The summed E-state index contributed by atoms with van der Waals surface area (Å²) in [5.74, 6) is -1.58. The lowest BCUT2D eigenvalue weighted by atomic mass is 9.94. The maximum absolute atomic E-state index is 15.0. The highest BCUT2D eigenvalue weighted by Crippen LogP contribution is 2.31. The number of phenolic OH excluding ortho intramolecular Hbond substituents is 1. The van der Waals surface area contributed by atoms with Crippen molar-refractivity contribution in [3.63, 3.8) is 0 Å². The molecule has 0 spiro atoms. The highest BCUT2D eigenvalue weighted by Gasteiger charge is 2.39. The van der Waals surface area contributed by atoms with Gasteiger partial charge < -0.3 is 28.8 Å². The van der Waals surface area contributed by atoms with Crippen molar-refractivity contribution in [3.05, 3.63) is 72.0 Å². The molecule has 0 saturated carbocycles. The molecule has 1 N–H and O–H groups in total. The molecule has 2 aromatic carbocycles. The maximum atomic E-state index is 15.0. The molecule has 2 unspecified atom stereocenters. The van der Waals surface area contributed by atoms with Crippen LogP contribution in [0.5, 0.6) is 23.0 Å². The van der Waals surface area contributed by atoms with Gasteiger partial charge in [-0.2, -0.15) is 0 Å². The molecular formula is C22H21F3O6. The molecule has 0 saturated heterocycles. The van der Waals surface area contributed by atoms with E-state index in [0.29, 0.717) is 0 Å². The van der Waals surface area contributed by atoms with Gasteiger partial charge in [0.1, 0.15) is 22.9 Å². The summed E-state index contributed by atoms with van der Waals surface area (Å²) in [5.41, 5.74) is -1.40. The molecule has 1 aliphatic rings. The van der Waals surface area contributed by atoms with Crippen LogP contribution in [0.2, 0.25) is 0 Å². The number of alkyl halides is 1. The number of benzene rings is 2. The van der Waals surface area contributed by atoms with E-state index in [1.807, 2.05) is 0 Å².